The van der Waals surface area contributed by atoms with E-state index < -0.39 is 0 Å². The fourth-order valence-corrected chi connectivity index (χ4v) is 3.60. The molecular formula is C24H32N2O. The monoisotopic (exact) mass is 364 g/mol. The van der Waals surface area contributed by atoms with E-state index in [2.05, 4.69) is 67.4 Å². The van der Waals surface area contributed by atoms with Crippen LogP contribution in [-0.2, 0) is 12.0 Å². The van der Waals surface area contributed by atoms with Crippen molar-refractivity contribution in [3.8, 4) is 0 Å². The van der Waals surface area contributed by atoms with Gasteiger partial charge in [-0.15, -0.1) is 0 Å². The predicted octanol–water partition coefficient (Wildman–Crippen LogP) is 5.07. The van der Waals surface area contributed by atoms with Crippen LogP contribution in [0.15, 0.2) is 48.5 Å². The fourth-order valence-electron chi connectivity index (χ4n) is 3.60. The van der Waals surface area contributed by atoms with Crippen LogP contribution >= 0.6 is 0 Å². The maximum atomic E-state index is 12.6. The number of carbonyl (C=O) groups is 1. The molecule has 2 aromatic carbocycles. The molecule has 3 nitrogen and oxygen atoms in total. The van der Waals surface area contributed by atoms with Gasteiger partial charge in [0, 0.05) is 12.1 Å². The van der Waals surface area contributed by atoms with Crippen LogP contribution in [0.4, 0.5) is 0 Å². The Labute approximate surface area is 163 Å². The molecule has 0 spiro atoms. The quantitative estimate of drug-likeness (QED) is 0.803. The van der Waals surface area contributed by atoms with Gasteiger partial charge in [-0.1, -0.05) is 57.2 Å². The van der Waals surface area contributed by atoms with Crippen LogP contribution in [0.25, 0.3) is 0 Å². The third kappa shape index (κ3) is 5.20. The van der Waals surface area contributed by atoms with Gasteiger partial charge < -0.3 is 5.32 Å². The molecule has 1 saturated heterocycles. The molecule has 1 heterocycles. The number of hydrogen-bond acceptors (Lipinski definition) is 2. The fraction of sp³-hybridized carbons (Fsp3) is 0.458. The number of likely N-dealkylation sites (tertiary alicyclic amines) is 1. The Morgan fingerprint density at radius 1 is 1.00 bits per heavy atom. The molecule has 27 heavy (non-hydrogen) atoms. The van der Waals surface area contributed by atoms with Gasteiger partial charge in [-0.2, -0.15) is 0 Å². The number of rotatable bonds is 5. The van der Waals surface area contributed by atoms with Crippen molar-refractivity contribution < 1.29 is 4.79 Å². The molecule has 0 saturated carbocycles. The summed E-state index contributed by atoms with van der Waals surface area (Å²) in [7, 11) is 0. The second kappa shape index (κ2) is 8.26. The Balaban J connectivity index is 1.59. The predicted molar refractivity (Wildman–Crippen MR) is 112 cm³/mol. The second-order valence-corrected chi connectivity index (χ2v) is 8.75. The number of nitrogens with one attached hydrogen (secondary N) is 1. The van der Waals surface area contributed by atoms with E-state index in [1.54, 1.807) is 0 Å². The molecule has 144 valence electrons. The number of hydrogen-bond donors (Lipinski definition) is 1. The molecule has 2 aromatic rings. The van der Waals surface area contributed by atoms with Crippen molar-refractivity contribution in [2.75, 3.05) is 13.1 Å². The highest BCUT2D eigenvalue weighted by Crippen LogP contribution is 2.24. The third-order valence-corrected chi connectivity index (χ3v) is 5.45. The lowest BCUT2D eigenvalue weighted by Crippen LogP contribution is -2.26. The van der Waals surface area contributed by atoms with E-state index in [0.717, 1.165) is 17.7 Å². The summed E-state index contributed by atoms with van der Waals surface area (Å²) in [6.45, 7) is 12.0. The maximum absolute atomic E-state index is 12.6. The lowest BCUT2D eigenvalue weighted by Gasteiger charge is -2.21. The molecule has 3 heteroatoms. The van der Waals surface area contributed by atoms with E-state index in [1.165, 1.54) is 37.1 Å². The average molecular weight is 365 g/mol. The van der Waals surface area contributed by atoms with E-state index in [-0.39, 0.29) is 17.4 Å². The van der Waals surface area contributed by atoms with Gasteiger partial charge in [-0.05, 0) is 67.1 Å². The summed E-state index contributed by atoms with van der Waals surface area (Å²) in [4.78, 5) is 15.1. The minimum atomic E-state index is -0.0184. The first kappa shape index (κ1) is 19.6. The van der Waals surface area contributed by atoms with Crippen molar-refractivity contribution >= 4 is 5.91 Å². The molecule has 3 rings (SSSR count). The summed E-state index contributed by atoms with van der Waals surface area (Å²) >= 11 is 0. The Hall–Kier alpha value is -2.13. The summed E-state index contributed by atoms with van der Waals surface area (Å²) in [6.07, 6.45) is 2.60. The van der Waals surface area contributed by atoms with Crippen molar-refractivity contribution in [1.82, 2.24) is 10.2 Å². The van der Waals surface area contributed by atoms with Crippen LogP contribution in [0.5, 0.6) is 0 Å². The van der Waals surface area contributed by atoms with Gasteiger partial charge in [0.1, 0.15) is 0 Å². The van der Waals surface area contributed by atoms with Gasteiger partial charge in [0.25, 0.3) is 5.91 Å². The van der Waals surface area contributed by atoms with E-state index >= 15 is 0 Å². The normalized spacial score (nSPS) is 16.3. The smallest absolute Gasteiger partial charge is 0.251 e. The second-order valence-electron chi connectivity index (χ2n) is 8.75. The Morgan fingerprint density at radius 3 is 2.15 bits per heavy atom. The topological polar surface area (TPSA) is 32.3 Å². The highest BCUT2D eigenvalue weighted by Gasteiger charge is 2.16. The molecule has 1 amide bonds. The lowest BCUT2D eigenvalue weighted by molar-refractivity contribution is 0.0940. The van der Waals surface area contributed by atoms with E-state index in [9.17, 15) is 4.79 Å². The van der Waals surface area contributed by atoms with E-state index in [4.69, 9.17) is 0 Å². The van der Waals surface area contributed by atoms with Crippen molar-refractivity contribution in [3.05, 3.63) is 70.8 Å². The first-order valence-corrected chi connectivity index (χ1v) is 10.1. The zero-order valence-corrected chi connectivity index (χ0v) is 17.1. The summed E-state index contributed by atoms with van der Waals surface area (Å²) in [5, 5.41) is 3.11. The average Bonchev–Trinajstić information content (AvgIpc) is 3.14. The highest BCUT2D eigenvalue weighted by atomic mass is 16.1. The summed E-state index contributed by atoms with van der Waals surface area (Å²) in [6, 6.07) is 16.6. The van der Waals surface area contributed by atoms with Gasteiger partial charge in [0.2, 0.25) is 0 Å². The molecule has 1 N–H and O–H groups in total. The summed E-state index contributed by atoms with van der Waals surface area (Å²) < 4.78 is 0. The van der Waals surface area contributed by atoms with E-state index in [1.807, 2.05) is 19.1 Å². The SMILES string of the molecule is C[C@@H](NC(=O)c1ccc(CN2CCCC2)cc1)c1ccc(C(C)(C)C)cc1. The minimum Gasteiger partial charge on any atom is -0.346 e. The molecule has 1 fully saturated rings. The molecule has 0 aromatic heterocycles. The van der Waals surface area contributed by atoms with Crippen LogP contribution in [-0.4, -0.2) is 23.9 Å². The summed E-state index contributed by atoms with van der Waals surface area (Å²) in [5.41, 5.74) is 4.57. The molecule has 0 bridgehead atoms. The summed E-state index contributed by atoms with van der Waals surface area (Å²) in [5.74, 6) is -0.0184. The number of amides is 1. The Bertz CT molecular complexity index is 750. The Kier molecular flexibility index (Phi) is 6.01. The van der Waals surface area contributed by atoms with Crippen molar-refractivity contribution in [2.24, 2.45) is 0 Å². The standard InChI is InChI=1S/C24H32N2O/c1-18(20-11-13-22(14-12-20)24(2,3)4)25-23(27)21-9-7-19(8-10-21)17-26-15-5-6-16-26/h7-14,18H,5-6,15-17H2,1-4H3,(H,25,27)/t18-/m1/s1. The first-order chi connectivity index (χ1) is 12.8. The van der Waals surface area contributed by atoms with Crippen molar-refractivity contribution in [1.29, 1.82) is 0 Å². The molecule has 1 aliphatic rings. The van der Waals surface area contributed by atoms with Crippen molar-refractivity contribution in [2.45, 2.75) is 58.5 Å². The van der Waals surface area contributed by atoms with E-state index in [0.29, 0.717) is 0 Å². The molecule has 1 aliphatic heterocycles. The van der Waals surface area contributed by atoms with Crippen LogP contribution < -0.4 is 5.32 Å². The zero-order chi connectivity index (χ0) is 19.4. The van der Waals surface area contributed by atoms with Crippen molar-refractivity contribution in [3.63, 3.8) is 0 Å². The van der Waals surface area contributed by atoms with Gasteiger partial charge in [-0.25, -0.2) is 0 Å². The maximum Gasteiger partial charge on any atom is 0.251 e. The van der Waals surface area contributed by atoms with Crippen LogP contribution in [0.1, 0.15) is 73.6 Å². The third-order valence-electron chi connectivity index (χ3n) is 5.45. The Morgan fingerprint density at radius 2 is 1.59 bits per heavy atom. The number of nitrogens with zero attached hydrogens (tertiary/aromatic N) is 1. The lowest BCUT2D eigenvalue weighted by atomic mass is 9.86. The molecule has 0 aliphatic carbocycles. The number of carbonyl (C=O) groups excluding carboxylic acids is 1. The number of benzene rings is 2. The largest absolute Gasteiger partial charge is 0.346 e. The van der Waals surface area contributed by atoms with Gasteiger partial charge >= 0.3 is 0 Å². The molecular weight excluding hydrogens is 332 g/mol. The van der Waals surface area contributed by atoms with Gasteiger partial charge in [-0.3, -0.25) is 9.69 Å². The highest BCUT2D eigenvalue weighted by molar-refractivity contribution is 5.94. The van der Waals surface area contributed by atoms with Gasteiger partial charge in [0.05, 0.1) is 6.04 Å². The molecule has 0 unspecified atom stereocenters. The van der Waals surface area contributed by atoms with Gasteiger partial charge in [0.15, 0.2) is 0 Å². The first-order valence-electron chi connectivity index (χ1n) is 10.1. The zero-order valence-electron chi connectivity index (χ0n) is 17.1. The molecule has 0 radical (unpaired) electrons. The molecule has 1 atom stereocenters. The minimum absolute atomic E-state index is 0.0178. The van der Waals surface area contributed by atoms with Crippen LogP contribution in [0.3, 0.4) is 0 Å². The van der Waals surface area contributed by atoms with Crippen LogP contribution in [0, 0.1) is 0 Å². The van der Waals surface area contributed by atoms with Crippen LogP contribution in [0.2, 0.25) is 0 Å².